The summed E-state index contributed by atoms with van der Waals surface area (Å²) in [5.41, 5.74) is 2.75. The summed E-state index contributed by atoms with van der Waals surface area (Å²) in [6.45, 7) is 10.5. The molecule has 5 N–H and O–H groups in total. The molecule has 0 radical (unpaired) electrons. The Morgan fingerprint density at radius 1 is 1.05 bits per heavy atom. The number of hydrazine groups is 1. The molecule has 56 heavy (non-hydrogen) atoms. The van der Waals surface area contributed by atoms with Crippen molar-refractivity contribution < 1.29 is 26.3 Å². The van der Waals surface area contributed by atoms with Crippen molar-refractivity contribution in [3.05, 3.63) is 69.8 Å². The van der Waals surface area contributed by atoms with Gasteiger partial charge < -0.3 is 19.8 Å². The summed E-state index contributed by atoms with van der Waals surface area (Å²) >= 11 is 0. The van der Waals surface area contributed by atoms with Crippen molar-refractivity contribution in [2.24, 2.45) is 16.3 Å². The first-order valence-corrected chi connectivity index (χ1v) is 15.9. The average Bonchev–Trinajstić information content (AvgIpc) is 3.51. The summed E-state index contributed by atoms with van der Waals surface area (Å²) in [7, 11) is 0. The molecule has 2 aromatic heterocycles. The first-order valence-electron chi connectivity index (χ1n) is 15.9. The van der Waals surface area contributed by atoms with Crippen LogP contribution in [0.1, 0.15) is 62.5 Å². The number of terminal acetylenes is 1. The average molecular weight is 753 g/mol. The van der Waals surface area contributed by atoms with E-state index in [2.05, 4.69) is 149 Å². The van der Waals surface area contributed by atoms with Gasteiger partial charge in [-0.2, -0.15) is 0 Å². The highest BCUT2D eigenvalue weighted by molar-refractivity contribution is 5.93. The number of carbonyl (C=O) groups excluding carboxylic acids is 1. The van der Waals surface area contributed by atoms with Gasteiger partial charge in [0.15, 0.2) is 10.9 Å². The molecule has 14 heteroatoms. The summed E-state index contributed by atoms with van der Waals surface area (Å²) in [4.78, 5) is 34.0. The summed E-state index contributed by atoms with van der Waals surface area (Å²) in [5.74, 6) is 51.4. The predicted molar refractivity (Wildman–Crippen MR) is 227 cm³/mol. The SMILES string of the molecule is C#CC#CC#CC#CC#CC#CC#CC#CC#CC#CC.NN=NN[N+](=O)[O-].[C-]#[N+]c1ccc2nc(NC(=O)C[C@](C)(O)c3cccnc3)n(C3CCC3)c2c1.[HH].[HH].[HH].[HH].[HH].[HH].[HH].[HH]. The largest absolute Gasteiger partial charge is 0.385 e. The lowest BCUT2D eigenvalue weighted by Crippen LogP contribution is -2.30. The Morgan fingerprint density at radius 3 is 2.05 bits per heavy atom. The van der Waals surface area contributed by atoms with Crippen molar-refractivity contribution >= 4 is 28.6 Å². The third-order valence-corrected chi connectivity index (χ3v) is 6.66. The van der Waals surface area contributed by atoms with Gasteiger partial charge in [-0.1, -0.05) is 18.1 Å². The summed E-state index contributed by atoms with van der Waals surface area (Å²) in [6.07, 6.45) is 11.1. The molecule has 0 unspecified atom stereocenters. The van der Waals surface area contributed by atoms with E-state index >= 15 is 0 Å². The Kier molecular flexibility index (Phi) is 19.3. The summed E-state index contributed by atoms with van der Waals surface area (Å²) in [5, 5.41) is 27.1. The molecule has 3 aromatic rings. The van der Waals surface area contributed by atoms with Crippen LogP contribution in [0.3, 0.4) is 0 Å². The number of fused-ring (bicyclic) bond motifs is 1. The second-order valence-corrected chi connectivity index (χ2v) is 10.5. The molecule has 1 aliphatic carbocycles. The molecule has 4 rings (SSSR count). The number of pyridine rings is 1. The van der Waals surface area contributed by atoms with E-state index in [1.54, 1.807) is 50.5 Å². The molecule has 0 aliphatic heterocycles. The minimum absolute atomic E-state index is 0. The first kappa shape index (κ1) is 43.1. The minimum atomic E-state index is -1.33. The van der Waals surface area contributed by atoms with Gasteiger partial charge in [-0.3, -0.25) is 20.9 Å². The number of benzene rings is 1. The number of hydrogen-bond donors (Lipinski definition) is 4. The summed E-state index contributed by atoms with van der Waals surface area (Å²) in [6, 6.07) is 9.09. The number of aliphatic hydroxyl groups is 1. The highest BCUT2D eigenvalue weighted by Gasteiger charge is 2.29. The minimum Gasteiger partial charge on any atom is -0.385 e. The van der Waals surface area contributed by atoms with Gasteiger partial charge in [0.25, 0.3) is 0 Å². The maximum Gasteiger partial charge on any atom is 0.229 e. The smallest absolute Gasteiger partial charge is 0.229 e. The fraction of sp³-hybridized carbons (Fsp3) is 0.190. The second kappa shape index (κ2) is 25.0. The lowest BCUT2D eigenvalue weighted by Gasteiger charge is -2.29. The maximum absolute atomic E-state index is 12.7. The van der Waals surface area contributed by atoms with Gasteiger partial charge in [0.05, 0.1) is 39.9 Å². The number of aromatic nitrogens is 3. The molecule has 14 nitrogen and oxygen atoms in total. The van der Waals surface area contributed by atoms with Crippen LogP contribution in [-0.4, -0.2) is 30.6 Å². The van der Waals surface area contributed by atoms with Gasteiger partial charge in [0.2, 0.25) is 11.9 Å². The molecule has 1 fully saturated rings. The van der Waals surface area contributed by atoms with Crippen molar-refractivity contribution in [2.75, 3.05) is 5.32 Å². The Labute approximate surface area is 336 Å². The van der Waals surface area contributed by atoms with Gasteiger partial charge in [-0.15, -0.1) is 6.42 Å². The third kappa shape index (κ3) is 16.3. The van der Waals surface area contributed by atoms with Crippen LogP contribution in [0, 0.1) is 136 Å². The van der Waals surface area contributed by atoms with Gasteiger partial charge >= 0.3 is 0 Å². The van der Waals surface area contributed by atoms with E-state index in [1.807, 2.05) is 10.6 Å². The van der Waals surface area contributed by atoms with Crippen LogP contribution in [0.25, 0.3) is 15.9 Å². The standard InChI is InChI=1S/C21H21N5O2.C21H4.H3N5O2.8H2/c1-21(28,14-5-4-10-23-13-14)12-19(27)25-20-24-17-9-8-15(22-2)11-18(17)26(20)16-6-3-7-16;1-3-5-7-9-11-13-15-17-19-21-20-18-16-14-12-10-8-6-4-2;1-2-3-4-5(6)7;;;;;;;;/h4-5,8-11,13,16,28H,3,6-7,12H2,1H3,(H,24,25,27);1H,2H3;(H2,1,3)(H,2,4);8*1H/t21-;;;;;;;;;;/m0........../s1. The number of imidazole rings is 1. The van der Waals surface area contributed by atoms with Crippen LogP contribution in [0.4, 0.5) is 11.6 Å². The number of amides is 1. The highest BCUT2D eigenvalue weighted by Crippen LogP contribution is 2.38. The quantitative estimate of drug-likeness (QED) is 0.0600. The number of hydrogen-bond acceptors (Lipinski definition) is 8. The molecule has 2 heterocycles. The molecule has 1 amide bonds. The van der Waals surface area contributed by atoms with Crippen LogP contribution in [0.15, 0.2) is 53.2 Å². The number of rotatable bonds is 7. The zero-order chi connectivity index (χ0) is 40.9. The lowest BCUT2D eigenvalue weighted by molar-refractivity contribution is -0.546. The highest BCUT2D eigenvalue weighted by atomic mass is 16.7. The van der Waals surface area contributed by atoms with E-state index in [-0.39, 0.29) is 29.8 Å². The topological polar surface area (TPSA) is 190 Å². The molecular formula is C42H44N10O4. The molecule has 1 atom stereocenters. The number of nitrogens with one attached hydrogen (secondary N) is 2. The zero-order valence-electron chi connectivity index (χ0n) is 29.9. The van der Waals surface area contributed by atoms with E-state index < -0.39 is 10.6 Å². The van der Waals surface area contributed by atoms with E-state index in [9.17, 15) is 20.0 Å². The number of nitro groups is 1. The fourth-order valence-electron chi connectivity index (χ4n) is 4.15. The normalized spacial score (nSPS) is 10.7. The number of carbonyl (C=O) groups is 1. The van der Waals surface area contributed by atoms with Crippen LogP contribution in [0.5, 0.6) is 0 Å². The molecule has 1 aliphatic rings. The van der Waals surface area contributed by atoms with Crippen molar-refractivity contribution in [1.82, 2.24) is 20.1 Å². The van der Waals surface area contributed by atoms with Gasteiger partial charge in [0.1, 0.15) is 0 Å². The molecule has 0 spiro atoms. The molecule has 1 saturated carbocycles. The van der Waals surface area contributed by atoms with Crippen LogP contribution < -0.4 is 16.7 Å². The molecule has 286 valence electrons. The van der Waals surface area contributed by atoms with E-state index in [4.69, 9.17) is 13.0 Å². The van der Waals surface area contributed by atoms with Crippen LogP contribution in [-0.2, 0) is 10.4 Å². The van der Waals surface area contributed by atoms with Crippen LogP contribution in [0.2, 0.25) is 0 Å². The Hall–Kier alpha value is -9.04. The second-order valence-electron chi connectivity index (χ2n) is 10.5. The molecule has 0 saturated heterocycles. The van der Waals surface area contributed by atoms with E-state index in [0.29, 0.717) is 17.2 Å². The van der Waals surface area contributed by atoms with Crippen molar-refractivity contribution in [3.63, 3.8) is 0 Å². The maximum atomic E-state index is 12.7. The van der Waals surface area contributed by atoms with Gasteiger partial charge in [0, 0.05) is 52.8 Å². The van der Waals surface area contributed by atoms with Gasteiger partial charge in [-0.25, -0.2) is 9.83 Å². The van der Waals surface area contributed by atoms with Crippen molar-refractivity contribution in [3.8, 4) is 119 Å². The van der Waals surface area contributed by atoms with E-state index in [1.165, 1.54) is 5.53 Å². The Balaban J connectivity index is -0.000000163. The number of anilines is 1. The first-order chi connectivity index (χ1) is 27.2. The zero-order valence-corrected chi connectivity index (χ0v) is 29.9. The lowest BCUT2D eigenvalue weighted by atomic mass is 9.92. The van der Waals surface area contributed by atoms with E-state index in [0.717, 1.165) is 30.3 Å². The fourth-order valence-corrected chi connectivity index (χ4v) is 4.15. The molecule has 0 bridgehead atoms. The molecule has 1 aromatic carbocycles. The number of nitrogens with two attached hydrogens (primary N) is 1. The van der Waals surface area contributed by atoms with Crippen LogP contribution >= 0.6 is 0 Å². The monoisotopic (exact) mass is 752 g/mol. The number of nitrogens with zero attached hydrogens (tertiary/aromatic N) is 7. The van der Waals surface area contributed by atoms with Gasteiger partial charge in [-0.05, 0) is 146 Å². The Morgan fingerprint density at radius 2 is 1.62 bits per heavy atom. The van der Waals surface area contributed by atoms with Crippen molar-refractivity contribution in [2.45, 2.75) is 51.2 Å². The summed E-state index contributed by atoms with van der Waals surface area (Å²) < 4.78 is 2.02. The Bertz CT molecular complexity index is 2660. The molecular weight excluding hydrogens is 709 g/mol. The third-order valence-electron chi connectivity index (χ3n) is 6.66. The van der Waals surface area contributed by atoms with Crippen molar-refractivity contribution in [1.29, 1.82) is 0 Å². The predicted octanol–water partition coefficient (Wildman–Crippen LogP) is 5.59.